The summed E-state index contributed by atoms with van der Waals surface area (Å²) in [6.07, 6.45) is 1.60. The Balaban J connectivity index is 1.74. The van der Waals surface area contributed by atoms with Gasteiger partial charge in [-0.05, 0) is 97.6 Å². The number of anilines is 1. The number of rotatable bonds is 15. The van der Waals surface area contributed by atoms with E-state index in [9.17, 15) is 24.3 Å². The van der Waals surface area contributed by atoms with Crippen LogP contribution < -0.4 is 20.9 Å². The van der Waals surface area contributed by atoms with Crippen molar-refractivity contribution in [3.8, 4) is 11.1 Å². The second-order valence-electron chi connectivity index (χ2n) is 26.2. The zero-order valence-electron chi connectivity index (χ0n) is 55.3. The van der Waals surface area contributed by atoms with E-state index in [1.165, 1.54) is 61.6 Å². The van der Waals surface area contributed by atoms with Crippen LogP contribution in [-0.4, -0.2) is 197 Å². The number of hydrogen-bond donors (Lipinski definition) is 4. The van der Waals surface area contributed by atoms with E-state index in [1.54, 1.807) is 59.9 Å². The van der Waals surface area contributed by atoms with Gasteiger partial charge in [0.1, 0.15) is 48.1 Å². The molecular formula is C67H100N10O11. The van der Waals surface area contributed by atoms with E-state index in [0.29, 0.717) is 30.4 Å². The summed E-state index contributed by atoms with van der Waals surface area (Å²) in [5.41, 5.74) is 1.06. The third-order valence-electron chi connectivity index (χ3n) is 17.4. The van der Waals surface area contributed by atoms with Crippen molar-refractivity contribution in [2.75, 3.05) is 53.7 Å². The summed E-state index contributed by atoms with van der Waals surface area (Å²) in [5.74, 6) is -8.14. The number of carbonyl (C=O) groups is 9. The minimum atomic E-state index is -1.99. The lowest BCUT2D eigenvalue weighted by molar-refractivity contribution is -0.177. The van der Waals surface area contributed by atoms with Crippen molar-refractivity contribution in [2.24, 2.45) is 29.6 Å². The maximum absolute atomic E-state index is 15.7. The van der Waals surface area contributed by atoms with Crippen molar-refractivity contribution >= 4 is 59.0 Å². The quantitative estimate of drug-likeness (QED) is 0.137. The first kappa shape index (κ1) is 71.3. The number of carbonyl (C=O) groups excluding carboxylic acids is 9. The number of nitrogens with zero attached hydrogens (tertiary/aromatic N) is 7. The molecular weight excluding hydrogens is 1120 g/mol. The monoisotopic (exact) mass is 1220 g/mol. The van der Waals surface area contributed by atoms with Crippen molar-refractivity contribution in [1.29, 1.82) is 0 Å². The van der Waals surface area contributed by atoms with E-state index in [-0.39, 0.29) is 38.1 Å². The molecule has 0 bridgehead atoms. The van der Waals surface area contributed by atoms with E-state index in [2.05, 4.69) is 20.9 Å². The zero-order chi connectivity index (χ0) is 65.8. The number of esters is 1. The summed E-state index contributed by atoms with van der Waals surface area (Å²) in [6.45, 7) is 20.6. The molecule has 3 heterocycles. The van der Waals surface area contributed by atoms with Crippen LogP contribution in [0.15, 0.2) is 72.9 Å². The molecule has 8 amide bonds. The van der Waals surface area contributed by atoms with Crippen LogP contribution in [0.3, 0.4) is 0 Å². The van der Waals surface area contributed by atoms with Gasteiger partial charge < -0.3 is 55.2 Å². The van der Waals surface area contributed by atoms with Crippen LogP contribution in [0, 0.1) is 29.6 Å². The number of aliphatic hydroxyl groups is 1. The number of pyridine rings is 1. The van der Waals surface area contributed by atoms with Crippen molar-refractivity contribution in [1.82, 2.24) is 45.4 Å². The third-order valence-corrected chi connectivity index (χ3v) is 17.4. The van der Waals surface area contributed by atoms with Gasteiger partial charge in [0.2, 0.25) is 41.4 Å². The topological polar surface area (TPSA) is 252 Å². The van der Waals surface area contributed by atoms with Gasteiger partial charge in [-0.2, -0.15) is 0 Å². The van der Waals surface area contributed by atoms with Gasteiger partial charge >= 0.3 is 5.97 Å². The highest BCUT2D eigenvalue weighted by molar-refractivity contribution is 5.99. The number of hydrogen-bond acceptors (Lipinski definition) is 13. The molecule has 5 rings (SSSR count). The predicted octanol–water partition coefficient (Wildman–Crippen LogP) is 5.50. The summed E-state index contributed by atoms with van der Waals surface area (Å²) in [4.78, 5) is 149. The summed E-state index contributed by atoms with van der Waals surface area (Å²) in [6, 6.07) is 10.1. The Labute approximate surface area is 522 Å². The number of aromatic nitrogens is 1. The molecule has 0 unspecified atom stereocenters. The number of cyclic esters (lactones) is 1. The highest BCUT2D eigenvalue weighted by Crippen LogP contribution is 2.29. The second kappa shape index (κ2) is 31.2. The molecule has 11 atom stereocenters. The van der Waals surface area contributed by atoms with Gasteiger partial charge in [0.25, 0.3) is 5.91 Å². The van der Waals surface area contributed by atoms with E-state index in [1.807, 2.05) is 101 Å². The van der Waals surface area contributed by atoms with Gasteiger partial charge in [-0.15, -0.1) is 0 Å². The lowest BCUT2D eigenvalue weighted by atomic mass is 9.93. The molecule has 3 aromatic rings. The van der Waals surface area contributed by atoms with E-state index in [4.69, 9.17) is 4.74 Å². The fourth-order valence-corrected chi connectivity index (χ4v) is 12.1. The number of fused-ring (bicyclic) bond motifs is 1. The van der Waals surface area contributed by atoms with E-state index < -0.39 is 137 Å². The normalized spacial score (nSPS) is 25.0. The largest absolute Gasteiger partial charge is 0.450 e. The molecule has 1 aromatic heterocycles. The maximum atomic E-state index is 15.7. The van der Waals surface area contributed by atoms with Crippen LogP contribution in [-0.2, 0) is 60.7 Å². The van der Waals surface area contributed by atoms with Gasteiger partial charge in [-0.3, -0.25) is 38.4 Å². The molecule has 2 aliphatic rings. The van der Waals surface area contributed by atoms with Crippen molar-refractivity contribution in [3.63, 3.8) is 0 Å². The highest BCUT2D eigenvalue weighted by atomic mass is 16.6. The first-order valence-electron chi connectivity index (χ1n) is 31.2. The van der Waals surface area contributed by atoms with Gasteiger partial charge in [0.15, 0.2) is 12.1 Å². The average Bonchev–Trinajstić information content (AvgIpc) is 4.24. The minimum Gasteiger partial charge on any atom is -0.450 e. The molecule has 484 valence electrons. The Morgan fingerprint density at radius 1 is 0.625 bits per heavy atom. The predicted molar refractivity (Wildman–Crippen MR) is 339 cm³/mol. The molecule has 0 spiro atoms. The highest BCUT2D eigenvalue weighted by Gasteiger charge is 2.48. The fourth-order valence-electron chi connectivity index (χ4n) is 12.1. The third kappa shape index (κ3) is 17.5. The smallest absolute Gasteiger partial charge is 0.332 e. The van der Waals surface area contributed by atoms with Crippen LogP contribution in [0.1, 0.15) is 126 Å². The summed E-state index contributed by atoms with van der Waals surface area (Å²) in [7, 11) is 9.46. The second-order valence-corrected chi connectivity index (χ2v) is 26.2. The van der Waals surface area contributed by atoms with E-state index in [0.717, 1.165) is 21.8 Å². The van der Waals surface area contributed by atoms with Crippen LogP contribution in [0.2, 0.25) is 0 Å². The van der Waals surface area contributed by atoms with E-state index >= 15 is 24.0 Å². The lowest BCUT2D eigenvalue weighted by Crippen LogP contribution is -2.63. The number of amides is 8. The van der Waals surface area contributed by atoms with Crippen molar-refractivity contribution in [3.05, 3.63) is 84.1 Å². The Morgan fingerprint density at radius 2 is 1.18 bits per heavy atom. The first-order chi connectivity index (χ1) is 41.2. The Bertz CT molecular complexity index is 2930. The summed E-state index contributed by atoms with van der Waals surface area (Å²) < 4.78 is 6.14. The molecule has 0 radical (unpaired) electrons. The molecule has 0 saturated carbocycles. The van der Waals surface area contributed by atoms with Crippen LogP contribution in [0.5, 0.6) is 0 Å². The molecule has 21 heteroatoms. The van der Waals surface area contributed by atoms with Crippen molar-refractivity contribution < 1.29 is 53.0 Å². The van der Waals surface area contributed by atoms with Crippen LogP contribution in [0.25, 0.3) is 11.1 Å². The number of ether oxygens (including phenoxy) is 1. The van der Waals surface area contributed by atoms with Crippen LogP contribution >= 0.6 is 0 Å². The lowest BCUT2D eigenvalue weighted by Gasteiger charge is -2.39. The van der Waals surface area contributed by atoms with Gasteiger partial charge in [-0.1, -0.05) is 130 Å². The Hall–Kier alpha value is -7.42. The standard InChI is InChI=1S/C67H100N10O11/c1-19-42(9)53-64(84)74(16)54(40(5)6)59(79)69-48(34-39(3)4)62(82)76(18)57(67(11,12)87)66(86)88-56(43(10)20-2)65(85)75(17)55(41(7)8)60(80)70-49(36-44-26-22-21-23-27-44)61(81)73(15)51(63(83)77-33-25-30-50(77)58(78)71-53)37-45-28-24-29-46(35-45)47-31-32-68-52(38-47)72(13)14/h21-24,26-29,31-32,35,38-43,48-51,53-57,87H,19-20,25,30,33-34,36-37H2,1-18H3,(H,69,79)(H,70,80)(H,71,78)/t42-,43-,48-,49-,50-,51-,53-,54-,55-,56+,57+/m0/s1. The number of nitrogens with one attached hydrogen (secondary N) is 3. The summed E-state index contributed by atoms with van der Waals surface area (Å²) in [5, 5.41) is 20.6. The molecule has 0 aliphatic carbocycles. The molecule has 2 aromatic carbocycles. The van der Waals surface area contributed by atoms with Crippen LogP contribution in [0.4, 0.5) is 5.82 Å². The number of likely N-dealkylation sites (N-methyl/N-ethyl adjacent to an activating group) is 4. The zero-order valence-corrected chi connectivity index (χ0v) is 55.3. The average molecular weight is 1220 g/mol. The minimum absolute atomic E-state index is 0.0237. The maximum Gasteiger partial charge on any atom is 0.332 e. The molecule has 88 heavy (non-hydrogen) atoms. The Morgan fingerprint density at radius 3 is 1.74 bits per heavy atom. The SMILES string of the molecule is CC[C@H](C)[C@@H]1NC(=O)[C@@H]2CCCN2C(=O)[C@H](Cc2cccc(-c3ccnc(N(C)C)c3)c2)N(C)C(=O)[C@H](Cc2ccccc2)NC(=O)[C@H](C(C)C)N(C)C(=O)[C@@H]([C@@H](C)CC)OC(=O)[C@H](C(C)(C)O)N(C)C(=O)[C@H](CC(C)C)NC(=O)[C@H](C(C)C)N(C)C1=O. The molecule has 2 fully saturated rings. The molecule has 2 saturated heterocycles. The van der Waals surface area contributed by atoms with Gasteiger partial charge in [0, 0.05) is 73.8 Å². The molecule has 2 aliphatic heterocycles. The van der Waals surface area contributed by atoms with Crippen molar-refractivity contribution in [2.45, 2.75) is 188 Å². The first-order valence-corrected chi connectivity index (χ1v) is 31.2. The molecule has 21 nitrogen and oxygen atoms in total. The van der Waals surface area contributed by atoms with Gasteiger partial charge in [-0.25, -0.2) is 9.78 Å². The van der Waals surface area contributed by atoms with Gasteiger partial charge in [0.05, 0.1) is 5.60 Å². The number of benzene rings is 2. The fraction of sp³-hybridized carbons (Fsp3) is 0.612. The Kier molecular flexibility index (Phi) is 25.3. The molecule has 4 N–H and O–H groups in total. The summed E-state index contributed by atoms with van der Waals surface area (Å²) >= 11 is 0.